The first-order valence-electron chi connectivity index (χ1n) is 8.02. The maximum Gasteiger partial charge on any atom is 0.215 e. The summed E-state index contributed by atoms with van der Waals surface area (Å²) in [7, 11) is 0. The molecule has 0 saturated heterocycles. The van der Waals surface area contributed by atoms with Crippen LogP contribution in [0.4, 0.5) is 11.5 Å². The van der Waals surface area contributed by atoms with Gasteiger partial charge in [0, 0.05) is 30.8 Å². The Morgan fingerprint density at radius 2 is 2.00 bits per heavy atom. The first-order valence-corrected chi connectivity index (χ1v) is 8.02. The Morgan fingerprint density at radius 3 is 2.88 bits per heavy atom. The number of hydrogen-bond acceptors (Lipinski definition) is 6. The Bertz CT molecular complexity index is 849. The monoisotopic (exact) mass is 322 g/mol. The molecule has 3 heterocycles. The fourth-order valence-electron chi connectivity index (χ4n) is 2.82. The number of rotatable bonds is 5. The summed E-state index contributed by atoms with van der Waals surface area (Å²) in [5, 5.41) is 12.3. The van der Waals surface area contributed by atoms with Crippen molar-refractivity contribution in [3.63, 3.8) is 0 Å². The molecule has 4 rings (SSSR count). The summed E-state index contributed by atoms with van der Waals surface area (Å²) in [6.07, 6.45) is 5.38. The van der Waals surface area contributed by atoms with Crippen LogP contribution in [-0.4, -0.2) is 32.8 Å². The number of ether oxygens (including phenoxy) is 1. The summed E-state index contributed by atoms with van der Waals surface area (Å²) in [5.74, 6) is 1.70. The average Bonchev–Trinajstić information content (AvgIpc) is 2.58. The number of fused-ring (bicyclic) bond motifs is 1. The van der Waals surface area contributed by atoms with Crippen LogP contribution in [0, 0.1) is 5.92 Å². The molecule has 122 valence electrons. The standard InChI is InChI=1S/C18H18N4O2/c23-11-12-8-14(9-12)24-18-10-13(5-7-20-18)21-17-4-3-15-16(22-17)2-1-6-19-15/h1-7,10,12,14,23H,8-9,11H2,(H,20,21,22). The van der Waals surface area contributed by atoms with E-state index in [1.807, 2.05) is 36.4 Å². The Hall–Kier alpha value is -2.73. The lowest BCUT2D eigenvalue weighted by molar-refractivity contribution is 0.0296. The molecule has 6 heteroatoms. The molecule has 1 fully saturated rings. The van der Waals surface area contributed by atoms with Crippen molar-refractivity contribution in [3.8, 4) is 5.88 Å². The van der Waals surface area contributed by atoms with Gasteiger partial charge in [0.2, 0.25) is 5.88 Å². The molecule has 1 aliphatic rings. The number of anilines is 2. The Labute approximate surface area is 139 Å². The van der Waals surface area contributed by atoms with Crippen molar-refractivity contribution in [2.75, 3.05) is 11.9 Å². The van der Waals surface area contributed by atoms with Crippen LogP contribution in [-0.2, 0) is 0 Å². The first-order chi connectivity index (χ1) is 11.8. The van der Waals surface area contributed by atoms with E-state index in [1.54, 1.807) is 12.4 Å². The average molecular weight is 322 g/mol. The second-order valence-electron chi connectivity index (χ2n) is 6.01. The molecule has 0 radical (unpaired) electrons. The molecule has 24 heavy (non-hydrogen) atoms. The maximum absolute atomic E-state index is 9.06. The van der Waals surface area contributed by atoms with Crippen LogP contribution in [0.5, 0.6) is 5.88 Å². The smallest absolute Gasteiger partial charge is 0.215 e. The Balaban J connectivity index is 1.46. The minimum atomic E-state index is 0.148. The molecule has 0 aliphatic heterocycles. The highest BCUT2D eigenvalue weighted by Gasteiger charge is 2.30. The topological polar surface area (TPSA) is 80.2 Å². The quantitative estimate of drug-likeness (QED) is 0.752. The zero-order valence-electron chi connectivity index (χ0n) is 13.1. The van der Waals surface area contributed by atoms with Gasteiger partial charge < -0.3 is 15.2 Å². The molecule has 3 aromatic heterocycles. The minimum Gasteiger partial charge on any atom is -0.474 e. The summed E-state index contributed by atoms with van der Waals surface area (Å²) in [6, 6.07) is 11.4. The van der Waals surface area contributed by atoms with E-state index in [4.69, 9.17) is 9.84 Å². The van der Waals surface area contributed by atoms with Gasteiger partial charge in [-0.05, 0) is 49.1 Å². The van der Waals surface area contributed by atoms with E-state index in [9.17, 15) is 0 Å². The predicted octanol–water partition coefficient (Wildman–Crippen LogP) is 2.92. The molecule has 6 nitrogen and oxygen atoms in total. The molecule has 0 atom stereocenters. The molecule has 1 aliphatic carbocycles. The lowest BCUT2D eigenvalue weighted by Gasteiger charge is -2.33. The van der Waals surface area contributed by atoms with Gasteiger partial charge in [-0.25, -0.2) is 9.97 Å². The van der Waals surface area contributed by atoms with Gasteiger partial charge in [-0.2, -0.15) is 0 Å². The third-order valence-electron chi connectivity index (χ3n) is 4.20. The zero-order valence-corrected chi connectivity index (χ0v) is 13.1. The van der Waals surface area contributed by atoms with E-state index in [-0.39, 0.29) is 12.7 Å². The number of hydrogen-bond donors (Lipinski definition) is 2. The highest BCUT2D eigenvalue weighted by Crippen LogP contribution is 2.31. The van der Waals surface area contributed by atoms with E-state index in [0.29, 0.717) is 11.8 Å². The number of aliphatic hydroxyl groups is 1. The van der Waals surface area contributed by atoms with Crippen LogP contribution in [0.1, 0.15) is 12.8 Å². The van der Waals surface area contributed by atoms with Gasteiger partial charge in [0.1, 0.15) is 11.9 Å². The number of nitrogens with zero attached hydrogens (tertiary/aromatic N) is 3. The van der Waals surface area contributed by atoms with Gasteiger partial charge in [0.15, 0.2) is 0 Å². The maximum atomic E-state index is 9.06. The van der Waals surface area contributed by atoms with Crippen LogP contribution in [0.2, 0.25) is 0 Å². The lowest BCUT2D eigenvalue weighted by Crippen LogP contribution is -2.35. The zero-order chi connectivity index (χ0) is 16.4. The molecule has 0 spiro atoms. The number of pyridine rings is 3. The number of aliphatic hydroxyl groups excluding tert-OH is 1. The van der Waals surface area contributed by atoms with Crippen molar-refractivity contribution >= 4 is 22.5 Å². The van der Waals surface area contributed by atoms with Crippen molar-refractivity contribution in [1.82, 2.24) is 15.0 Å². The SMILES string of the molecule is OCC1CC(Oc2cc(Nc3ccc4ncccc4n3)ccn2)C1. The van der Waals surface area contributed by atoms with Crippen molar-refractivity contribution in [2.45, 2.75) is 18.9 Å². The second-order valence-corrected chi connectivity index (χ2v) is 6.01. The minimum absolute atomic E-state index is 0.148. The third kappa shape index (κ3) is 3.14. The van der Waals surface area contributed by atoms with Gasteiger partial charge in [0.25, 0.3) is 0 Å². The van der Waals surface area contributed by atoms with E-state index in [0.717, 1.165) is 35.4 Å². The van der Waals surface area contributed by atoms with Crippen LogP contribution in [0.3, 0.4) is 0 Å². The molecule has 0 bridgehead atoms. The van der Waals surface area contributed by atoms with Crippen LogP contribution in [0.15, 0.2) is 48.8 Å². The number of nitrogens with one attached hydrogen (secondary N) is 1. The molecule has 0 amide bonds. The Kier molecular flexibility index (Phi) is 3.96. The summed E-state index contributed by atoms with van der Waals surface area (Å²) in [6.45, 7) is 0.234. The van der Waals surface area contributed by atoms with Crippen molar-refractivity contribution in [3.05, 3.63) is 48.8 Å². The summed E-state index contributed by atoms with van der Waals surface area (Å²) in [5.41, 5.74) is 2.58. The molecular weight excluding hydrogens is 304 g/mol. The van der Waals surface area contributed by atoms with Gasteiger partial charge >= 0.3 is 0 Å². The van der Waals surface area contributed by atoms with Crippen LogP contribution in [0.25, 0.3) is 11.0 Å². The molecule has 0 aromatic carbocycles. The largest absolute Gasteiger partial charge is 0.474 e. The van der Waals surface area contributed by atoms with Gasteiger partial charge in [-0.15, -0.1) is 0 Å². The molecule has 1 saturated carbocycles. The fraction of sp³-hybridized carbons (Fsp3) is 0.278. The van der Waals surface area contributed by atoms with Crippen molar-refractivity contribution in [2.24, 2.45) is 5.92 Å². The summed E-state index contributed by atoms with van der Waals surface area (Å²) >= 11 is 0. The molecule has 0 unspecified atom stereocenters. The van der Waals surface area contributed by atoms with Gasteiger partial charge in [-0.1, -0.05) is 0 Å². The summed E-state index contributed by atoms with van der Waals surface area (Å²) in [4.78, 5) is 13.1. The molecule has 3 aromatic rings. The number of aromatic nitrogens is 3. The fourth-order valence-corrected chi connectivity index (χ4v) is 2.82. The van der Waals surface area contributed by atoms with Gasteiger partial charge in [0.05, 0.1) is 11.0 Å². The second kappa shape index (κ2) is 6.41. The third-order valence-corrected chi connectivity index (χ3v) is 4.20. The normalized spacial score (nSPS) is 19.7. The van der Waals surface area contributed by atoms with E-state index >= 15 is 0 Å². The van der Waals surface area contributed by atoms with Crippen molar-refractivity contribution in [1.29, 1.82) is 0 Å². The molecule has 2 N–H and O–H groups in total. The molecular formula is C18H18N4O2. The predicted molar refractivity (Wildman–Crippen MR) is 91.3 cm³/mol. The van der Waals surface area contributed by atoms with Crippen LogP contribution < -0.4 is 10.1 Å². The highest BCUT2D eigenvalue weighted by molar-refractivity contribution is 5.76. The lowest BCUT2D eigenvalue weighted by atomic mass is 9.83. The van der Waals surface area contributed by atoms with Crippen LogP contribution >= 0.6 is 0 Å². The van der Waals surface area contributed by atoms with E-state index in [1.165, 1.54) is 0 Å². The van der Waals surface area contributed by atoms with E-state index in [2.05, 4.69) is 20.3 Å². The van der Waals surface area contributed by atoms with E-state index < -0.39 is 0 Å². The highest BCUT2D eigenvalue weighted by atomic mass is 16.5. The van der Waals surface area contributed by atoms with Crippen molar-refractivity contribution < 1.29 is 9.84 Å². The first kappa shape index (κ1) is 14.8. The summed E-state index contributed by atoms with van der Waals surface area (Å²) < 4.78 is 5.84. The van der Waals surface area contributed by atoms with Gasteiger partial charge in [-0.3, -0.25) is 4.98 Å². The Morgan fingerprint density at radius 1 is 1.08 bits per heavy atom.